The van der Waals surface area contributed by atoms with Crippen LogP contribution in [-0.2, 0) is 17.6 Å². The zero-order valence-electron chi connectivity index (χ0n) is 11.5. The second-order valence-electron chi connectivity index (χ2n) is 5.37. The zero-order valence-corrected chi connectivity index (χ0v) is 13.0. The summed E-state index contributed by atoms with van der Waals surface area (Å²) >= 11 is 3.50. The van der Waals surface area contributed by atoms with Crippen LogP contribution in [0.3, 0.4) is 0 Å². The molecule has 1 unspecified atom stereocenters. The normalized spacial score (nSPS) is 16.6. The maximum atomic E-state index is 12.5. The molecule has 1 aromatic rings. The van der Waals surface area contributed by atoms with Crippen molar-refractivity contribution in [1.82, 2.24) is 0 Å². The molecule has 4 heteroatoms. The average Bonchev–Trinajstić information content (AvgIpc) is 2.85. The third kappa shape index (κ3) is 2.84. The number of benzene rings is 1. The summed E-state index contributed by atoms with van der Waals surface area (Å²) in [6.07, 6.45) is 2.07. The molecule has 0 bridgehead atoms. The van der Waals surface area contributed by atoms with E-state index in [-0.39, 0.29) is 5.78 Å². The Morgan fingerprint density at radius 1 is 1.53 bits per heavy atom. The van der Waals surface area contributed by atoms with Gasteiger partial charge in [0.25, 0.3) is 0 Å². The van der Waals surface area contributed by atoms with Gasteiger partial charge in [-0.05, 0) is 24.1 Å². The Morgan fingerprint density at radius 2 is 2.26 bits per heavy atom. The fraction of sp³-hybridized carbons (Fsp3) is 0.533. The van der Waals surface area contributed by atoms with E-state index in [0.717, 1.165) is 28.6 Å². The molecule has 19 heavy (non-hydrogen) atoms. The lowest BCUT2D eigenvalue weighted by Gasteiger charge is -2.25. The lowest BCUT2D eigenvalue weighted by molar-refractivity contribution is -0.126. The van der Waals surface area contributed by atoms with Gasteiger partial charge in [0.1, 0.15) is 11.5 Å². The van der Waals surface area contributed by atoms with Gasteiger partial charge in [-0.2, -0.15) is 0 Å². The highest BCUT2D eigenvalue weighted by atomic mass is 79.9. The summed E-state index contributed by atoms with van der Waals surface area (Å²) < 4.78 is 6.67. The molecule has 104 valence electrons. The molecule has 0 fully saturated rings. The maximum absolute atomic E-state index is 12.5. The van der Waals surface area contributed by atoms with E-state index in [1.165, 1.54) is 5.56 Å². The Bertz CT molecular complexity index is 495. The van der Waals surface area contributed by atoms with Crippen LogP contribution in [0.1, 0.15) is 31.4 Å². The molecule has 0 spiro atoms. The number of carbonyl (C=O) groups excluding carboxylic acids is 1. The Balaban J connectivity index is 2.27. The Labute approximate surface area is 122 Å². The minimum atomic E-state index is -0.437. The second-order valence-corrected chi connectivity index (χ2v) is 6.29. The van der Waals surface area contributed by atoms with Crippen LogP contribution in [0.4, 0.5) is 0 Å². The number of hydrogen-bond acceptors (Lipinski definition) is 3. The first-order valence-corrected chi connectivity index (χ1v) is 7.47. The number of carbonyl (C=O) groups is 1. The smallest absolute Gasteiger partial charge is 0.144 e. The van der Waals surface area contributed by atoms with Crippen LogP contribution in [0.15, 0.2) is 16.6 Å². The molecule has 1 atom stereocenters. The van der Waals surface area contributed by atoms with Crippen molar-refractivity contribution in [2.75, 3.05) is 13.2 Å². The number of ketones is 1. The maximum Gasteiger partial charge on any atom is 0.144 e. The van der Waals surface area contributed by atoms with E-state index < -0.39 is 5.41 Å². The van der Waals surface area contributed by atoms with Crippen LogP contribution < -0.4 is 10.5 Å². The summed E-state index contributed by atoms with van der Waals surface area (Å²) in [7, 11) is 0. The van der Waals surface area contributed by atoms with E-state index in [9.17, 15) is 4.79 Å². The van der Waals surface area contributed by atoms with Crippen LogP contribution in [0.25, 0.3) is 0 Å². The van der Waals surface area contributed by atoms with Crippen LogP contribution >= 0.6 is 15.9 Å². The molecular weight excluding hydrogens is 306 g/mol. The van der Waals surface area contributed by atoms with Crippen molar-refractivity contribution in [2.45, 2.75) is 33.1 Å². The van der Waals surface area contributed by atoms with E-state index >= 15 is 0 Å². The lowest BCUT2D eigenvalue weighted by atomic mass is 9.80. The van der Waals surface area contributed by atoms with Gasteiger partial charge in [0.05, 0.1) is 6.61 Å². The Kier molecular flexibility index (Phi) is 4.31. The Morgan fingerprint density at radius 3 is 2.89 bits per heavy atom. The van der Waals surface area contributed by atoms with Crippen molar-refractivity contribution in [3.8, 4) is 5.75 Å². The van der Waals surface area contributed by atoms with Gasteiger partial charge in [-0.25, -0.2) is 0 Å². The first-order chi connectivity index (χ1) is 9.00. The van der Waals surface area contributed by atoms with Crippen molar-refractivity contribution in [2.24, 2.45) is 11.1 Å². The summed E-state index contributed by atoms with van der Waals surface area (Å²) in [5, 5.41) is 0. The summed E-state index contributed by atoms with van der Waals surface area (Å²) in [4.78, 5) is 12.5. The van der Waals surface area contributed by atoms with Gasteiger partial charge in [-0.3, -0.25) is 4.79 Å². The molecule has 0 saturated carbocycles. The third-order valence-corrected chi connectivity index (χ3v) is 4.54. The minimum absolute atomic E-state index is 0.188. The highest BCUT2D eigenvalue weighted by Gasteiger charge is 2.30. The van der Waals surface area contributed by atoms with Crippen molar-refractivity contribution in [3.63, 3.8) is 0 Å². The molecule has 0 aliphatic carbocycles. The third-order valence-electron chi connectivity index (χ3n) is 4.08. The van der Waals surface area contributed by atoms with Crippen molar-refractivity contribution < 1.29 is 9.53 Å². The summed E-state index contributed by atoms with van der Waals surface area (Å²) in [5.41, 5.74) is 7.47. The van der Waals surface area contributed by atoms with Gasteiger partial charge in [0.2, 0.25) is 0 Å². The predicted octanol–water partition coefficient (Wildman–Crippen LogP) is 2.87. The fourth-order valence-corrected chi connectivity index (χ4v) is 2.87. The molecule has 1 aromatic carbocycles. The summed E-state index contributed by atoms with van der Waals surface area (Å²) in [6, 6.07) is 4.05. The monoisotopic (exact) mass is 325 g/mol. The number of nitrogens with two attached hydrogens (primary N) is 1. The van der Waals surface area contributed by atoms with E-state index in [4.69, 9.17) is 10.5 Å². The van der Waals surface area contributed by atoms with Crippen LogP contribution in [0.5, 0.6) is 5.75 Å². The van der Waals surface area contributed by atoms with Crippen molar-refractivity contribution >= 4 is 21.7 Å². The number of Topliss-reactive ketones (excluding diaryl/α,β-unsaturated/α-hetero) is 1. The van der Waals surface area contributed by atoms with Gasteiger partial charge >= 0.3 is 0 Å². The number of halogens is 1. The zero-order chi connectivity index (χ0) is 14.0. The van der Waals surface area contributed by atoms with Crippen LogP contribution in [-0.4, -0.2) is 18.9 Å². The molecule has 0 radical (unpaired) electrons. The molecule has 0 amide bonds. The summed E-state index contributed by atoms with van der Waals surface area (Å²) in [5.74, 6) is 1.08. The predicted molar refractivity (Wildman–Crippen MR) is 79.5 cm³/mol. The highest BCUT2D eigenvalue weighted by Crippen LogP contribution is 2.35. The highest BCUT2D eigenvalue weighted by molar-refractivity contribution is 9.10. The van der Waals surface area contributed by atoms with Crippen LogP contribution in [0, 0.1) is 5.41 Å². The molecule has 1 aliphatic rings. The SMILES string of the molecule is CCC(C)(CN)C(=O)Cc1cc(Br)cc2c1OCC2. The number of ether oxygens (including phenoxy) is 1. The molecule has 2 N–H and O–H groups in total. The van der Waals surface area contributed by atoms with Gasteiger partial charge in [0, 0.05) is 34.8 Å². The fourth-order valence-electron chi connectivity index (χ4n) is 2.32. The standard InChI is InChI=1S/C15H20BrNO2/c1-3-15(2,9-17)13(18)8-11-7-12(16)6-10-4-5-19-14(10)11/h6-7H,3-5,8-9,17H2,1-2H3. The minimum Gasteiger partial charge on any atom is -0.493 e. The number of rotatable bonds is 5. The van der Waals surface area contributed by atoms with E-state index in [2.05, 4.69) is 22.0 Å². The van der Waals surface area contributed by atoms with Crippen molar-refractivity contribution in [1.29, 1.82) is 0 Å². The van der Waals surface area contributed by atoms with Gasteiger partial charge in [-0.15, -0.1) is 0 Å². The number of hydrogen-bond donors (Lipinski definition) is 1. The quantitative estimate of drug-likeness (QED) is 0.905. The molecular formula is C15H20BrNO2. The largest absolute Gasteiger partial charge is 0.493 e. The average molecular weight is 326 g/mol. The molecule has 2 rings (SSSR count). The van der Waals surface area contributed by atoms with Gasteiger partial charge < -0.3 is 10.5 Å². The van der Waals surface area contributed by atoms with Gasteiger partial charge in [0.15, 0.2) is 0 Å². The first-order valence-electron chi connectivity index (χ1n) is 6.67. The van der Waals surface area contributed by atoms with Gasteiger partial charge in [-0.1, -0.05) is 29.8 Å². The summed E-state index contributed by atoms with van der Waals surface area (Å²) in [6.45, 7) is 5.04. The topological polar surface area (TPSA) is 52.3 Å². The van der Waals surface area contributed by atoms with E-state index in [1.807, 2.05) is 19.9 Å². The Hall–Kier alpha value is -0.870. The number of fused-ring (bicyclic) bond motifs is 1. The lowest BCUT2D eigenvalue weighted by Crippen LogP contribution is -2.36. The first kappa shape index (κ1) is 14.5. The van der Waals surface area contributed by atoms with E-state index in [0.29, 0.717) is 19.6 Å². The molecule has 0 saturated heterocycles. The van der Waals surface area contributed by atoms with E-state index in [1.54, 1.807) is 0 Å². The second kappa shape index (κ2) is 5.63. The molecule has 3 nitrogen and oxygen atoms in total. The molecule has 1 aliphatic heterocycles. The molecule has 0 aromatic heterocycles. The van der Waals surface area contributed by atoms with Crippen LogP contribution in [0.2, 0.25) is 0 Å². The van der Waals surface area contributed by atoms with Crippen molar-refractivity contribution in [3.05, 3.63) is 27.7 Å². The molecule has 1 heterocycles.